The molecule has 5 rings (SSSR count). The van der Waals surface area contributed by atoms with Crippen LogP contribution < -0.4 is 5.56 Å². The minimum atomic E-state index is -0.983. The number of ether oxygens (including phenoxy) is 1. The molecule has 0 saturated carbocycles. The van der Waals surface area contributed by atoms with Gasteiger partial charge in [0.05, 0.1) is 36.2 Å². The van der Waals surface area contributed by atoms with E-state index in [2.05, 4.69) is 6.58 Å². The number of pyridine rings is 2. The highest BCUT2D eigenvalue weighted by atomic mass is 19.1. The fraction of sp³-hybridized carbons (Fsp3) is 0.385. The average molecular weight is 437 g/mol. The fourth-order valence-corrected chi connectivity index (χ4v) is 5.01. The number of hydrogen-bond acceptors (Lipinski definition) is 4. The van der Waals surface area contributed by atoms with Crippen molar-refractivity contribution in [2.75, 3.05) is 7.11 Å². The van der Waals surface area contributed by atoms with E-state index in [1.807, 2.05) is 20.8 Å². The molecule has 3 heterocycles. The Bertz CT molecular complexity index is 1290. The molecule has 0 amide bonds. The number of hydrogen-bond donors (Lipinski definition) is 1. The first-order valence-corrected chi connectivity index (χ1v) is 11.2. The van der Waals surface area contributed by atoms with Gasteiger partial charge in [0.2, 0.25) is 0 Å². The maximum Gasteiger partial charge on any atom is 0.257 e. The van der Waals surface area contributed by atoms with E-state index in [1.54, 1.807) is 10.6 Å². The van der Waals surface area contributed by atoms with Crippen molar-refractivity contribution in [3.63, 3.8) is 0 Å². The van der Waals surface area contributed by atoms with Crippen LogP contribution in [0.1, 0.15) is 59.8 Å². The molecule has 1 aliphatic carbocycles. The standard InChI is InChI=1S/C24H23FN2O3.C2H6/c1-4-21(28)15-8-20-23-16(10-27(20)24(29)17(15)11-30-3)14-7-5-6-13-12(2)18(25)9-19(26-23)22(13)14;1-2/h4,8-9,21,28H,1,5-7,10-11H2,2-3H3;1-2H3. The van der Waals surface area contributed by atoms with Crippen molar-refractivity contribution in [2.24, 2.45) is 0 Å². The lowest BCUT2D eigenvalue weighted by molar-refractivity contribution is 0.175. The van der Waals surface area contributed by atoms with Crippen molar-refractivity contribution in [2.45, 2.75) is 59.3 Å². The van der Waals surface area contributed by atoms with E-state index in [9.17, 15) is 14.3 Å². The lowest BCUT2D eigenvalue weighted by Gasteiger charge is -2.21. The van der Waals surface area contributed by atoms with Gasteiger partial charge in [-0.2, -0.15) is 0 Å². The minimum Gasteiger partial charge on any atom is -0.384 e. The van der Waals surface area contributed by atoms with Crippen LogP contribution in [0.2, 0.25) is 0 Å². The molecule has 1 N–H and O–H groups in total. The van der Waals surface area contributed by atoms with Crippen molar-refractivity contribution in [3.8, 4) is 11.4 Å². The highest BCUT2D eigenvalue weighted by molar-refractivity contribution is 5.92. The van der Waals surface area contributed by atoms with E-state index in [1.165, 1.54) is 24.8 Å². The lowest BCUT2D eigenvalue weighted by Crippen LogP contribution is -2.26. The van der Waals surface area contributed by atoms with E-state index in [-0.39, 0.29) is 18.0 Å². The predicted octanol–water partition coefficient (Wildman–Crippen LogP) is 4.75. The Balaban J connectivity index is 0.00000119. The van der Waals surface area contributed by atoms with Gasteiger partial charge in [0, 0.05) is 29.7 Å². The lowest BCUT2D eigenvalue weighted by atomic mass is 9.85. The van der Waals surface area contributed by atoms with Crippen molar-refractivity contribution < 1.29 is 14.2 Å². The molecule has 1 atom stereocenters. The van der Waals surface area contributed by atoms with Gasteiger partial charge in [-0.3, -0.25) is 4.79 Å². The van der Waals surface area contributed by atoms with Gasteiger partial charge < -0.3 is 14.4 Å². The molecule has 2 aliphatic rings. The van der Waals surface area contributed by atoms with Crippen LogP contribution in [0.4, 0.5) is 4.39 Å². The normalized spacial score (nSPS) is 14.4. The van der Waals surface area contributed by atoms with Crippen LogP contribution in [0.5, 0.6) is 0 Å². The first kappa shape index (κ1) is 22.4. The van der Waals surface area contributed by atoms with Gasteiger partial charge in [0.25, 0.3) is 5.56 Å². The summed E-state index contributed by atoms with van der Waals surface area (Å²) in [5, 5.41) is 11.5. The summed E-state index contributed by atoms with van der Waals surface area (Å²) >= 11 is 0. The second-order valence-electron chi connectivity index (χ2n) is 8.10. The SMILES string of the molecule is C=CC(O)c1cc2n(c(=O)c1COC)Cc1c-2nc2cc(F)c(C)c3c2c1CCC3.CC. The minimum absolute atomic E-state index is 0.104. The monoisotopic (exact) mass is 436 g/mol. The zero-order chi connectivity index (χ0) is 23.2. The van der Waals surface area contributed by atoms with Crippen molar-refractivity contribution in [1.29, 1.82) is 0 Å². The highest BCUT2D eigenvalue weighted by Crippen LogP contribution is 2.41. The second-order valence-corrected chi connectivity index (χ2v) is 8.10. The van der Waals surface area contributed by atoms with Crippen LogP contribution in [-0.2, 0) is 30.7 Å². The molecule has 0 spiro atoms. The van der Waals surface area contributed by atoms with Crippen molar-refractivity contribution >= 4 is 10.9 Å². The summed E-state index contributed by atoms with van der Waals surface area (Å²) in [6.07, 6.45) is 3.08. The molecule has 3 aromatic rings. The summed E-state index contributed by atoms with van der Waals surface area (Å²) < 4.78 is 21.5. The van der Waals surface area contributed by atoms with E-state index in [0.29, 0.717) is 40.1 Å². The van der Waals surface area contributed by atoms with Gasteiger partial charge in [-0.05, 0) is 54.5 Å². The van der Waals surface area contributed by atoms with Crippen molar-refractivity contribution in [3.05, 3.63) is 74.3 Å². The molecule has 0 saturated heterocycles. The largest absolute Gasteiger partial charge is 0.384 e. The quantitative estimate of drug-likeness (QED) is 0.469. The summed E-state index contributed by atoms with van der Waals surface area (Å²) in [4.78, 5) is 18.1. The Hall–Kier alpha value is -2.83. The molecule has 168 valence electrons. The maximum atomic E-state index is 14.6. The summed E-state index contributed by atoms with van der Waals surface area (Å²) in [7, 11) is 1.52. The molecule has 6 heteroatoms. The number of benzene rings is 1. The third-order valence-electron chi connectivity index (χ3n) is 6.49. The Kier molecular flexibility index (Phi) is 6.01. The Morgan fingerprint density at radius 3 is 2.69 bits per heavy atom. The number of aromatic nitrogens is 2. The van der Waals surface area contributed by atoms with Gasteiger partial charge >= 0.3 is 0 Å². The number of aliphatic hydroxyl groups excluding tert-OH is 1. The number of methoxy groups -OCH3 is 1. The average Bonchev–Trinajstić information content (AvgIpc) is 3.19. The highest BCUT2D eigenvalue weighted by Gasteiger charge is 2.31. The van der Waals surface area contributed by atoms with Gasteiger partial charge in [-0.15, -0.1) is 6.58 Å². The molecule has 0 radical (unpaired) electrons. The summed E-state index contributed by atoms with van der Waals surface area (Å²) in [5.74, 6) is -0.244. The van der Waals surface area contributed by atoms with E-state index < -0.39 is 6.10 Å². The summed E-state index contributed by atoms with van der Waals surface area (Å²) in [6, 6.07) is 3.30. The first-order valence-electron chi connectivity index (χ1n) is 11.2. The smallest absolute Gasteiger partial charge is 0.257 e. The maximum absolute atomic E-state index is 14.6. The molecule has 0 bridgehead atoms. The summed E-state index contributed by atoms with van der Waals surface area (Å²) in [5.41, 5.74) is 6.60. The molecule has 5 nitrogen and oxygen atoms in total. The molecule has 32 heavy (non-hydrogen) atoms. The van der Waals surface area contributed by atoms with Gasteiger partial charge in [0.1, 0.15) is 5.82 Å². The Labute approximate surface area is 187 Å². The molecule has 0 fully saturated rings. The molecule has 1 aliphatic heterocycles. The number of halogens is 1. The number of aryl methyl sites for hydroxylation is 2. The van der Waals surface area contributed by atoms with Crippen molar-refractivity contribution in [1.82, 2.24) is 9.55 Å². The number of nitrogens with zero attached hydrogens (tertiary/aromatic N) is 2. The zero-order valence-corrected chi connectivity index (χ0v) is 19.1. The second kappa shape index (κ2) is 8.60. The van der Waals surface area contributed by atoms with Gasteiger partial charge in [-0.25, -0.2) is 9.37 Å². The topological polar surface area (TPSA) is 64.4 Å². The fourth-order valence-electron chi connectivity index (χ4n) is 5.01. The van der Waals surface area contributed by atoms with Gasteiger partial charge in [0.15, 0.2) is 0 Å². The third-order valence-corrected chi connectivity index (χ3v) is 6.49. The number of aliphatic hydroxyl groups is 1. The first-order chi connectivity index (χ1) is 15.5. The Morgan fingerprint density at radius 2 is 2.00 bits per heavy atom. The molecular weight excluding hydrogens is 407 g/mol. The van der Waals surface area contributed by atoms with E-state index >= 15 is 0 Å². The third kappa shape index (κ3) is 3.21. The number of rotatable bonds is 4. The van der Waals surface area contributed by atoms with Gasteiger partial charge in [-0.1, -0.05) is 19.9 Å². The van der Waals surface area contributed by atoms with Crippen LogP contribution in [0.3, 0.4) is 0 Å². The van der Waals surface area contributed by atoms with Crippen LogP contribution in [0, 0.1) is 12.7 Å². The molecule has 1 unspecified atom stereocenters. The van der Waals surface area contributed by atoms with Crippen LogP contribution in [-0.4, -0.2) is 21.8 Å². The number of fused-ring (bicyclic) bond motifs is 4. The van der Waals surface area contributed by atoms with Crippen LogP contribution in [0.25, 0.3) is 22.3 Å². The van der Waals surface area contributed by atoms with Crippen LogP contribution >= 0.6 is 0 Å². The van der Waals surface area contributed by atoms with E-state index in [0.717, 1.165) is 35.8 Å². The zero-order valence-electron chi connectivity index (χ0n) is 19.1. The van der Waals surface area contributed by atoms with E-state index in [4.69, 9.17) is 9.72 Å². The summed E-state index contributed by atoms with van der Waals surface area (Å²) in [6.45, 7) is 10.0. The molecule has 2 aromatic heterocycles. The molecule has 1 aromatic carbocycles. The van der Waals surface area contributed by atoms with Crippen LogP contribution in [0.15, 0.2) is 29.6 Å². The predicted molar refractivity (Wildman–Crippen MR) is 124 cm³/mol. The Morgan fingerprint density at radius 1 is 1.28 bits per heavy atom. The molecular formula is C26H29FN2O3.